The van der Waals surface area contributed by atoms with Crippen LogP contribution in [-0.4, -0.2) is 36.6 Å². The second kappa shape index (κ2) is 13.3. The van der Waals surface area contributed by atoms with Crippen LogP contribution in [-0.2, 0) is 0 Å². The Morgan fingerprint density at radius 1 is 1.17 bits per heavy atom. The Bertz CT molecular complexity index is 817. The Hall–Kier alpha value is -2.00. The summed E-state index contributed by atoms with van der Waals surface area (Å²) in [5.41, 5.74) is 1.44. The number of carbonyl (C=O) groups is 1. The van der Waals surface area contributed by atoms with Gasteiger partial charge in [-0.15, -0.1) is 24.0 Å². The molecule has 0 aromatic heterocycles. The molecule has 29 heavy (non-hydrogen) atoms. The fourth-order valence-electron chi connectivity index (χ4n) is 2.65. The summed E-state index contributed by atoms with van der Waals surface area (Å²) in [5, 5.41) is 19.5. The SMILES string of the molecule is CCNC(=NCCCNC(=O)c1cccc(O)c1)NC(C)c1ccccc1Cl.I. The molecule has 8 heteroatoms. The number of amides is 1. The van der Waals surface area contributed by atoms with Gasteiger partial charge in [0.25, 0.3) is 5.91 Å². The number of phenolic OH excluding ortho intramolecular Hbond substituents is 1. The van der Waals surface area contributed by atoms with E-state index in [4.69, 9.17) is 11.6 Å². The fraction of sp³-hybridized carbons (Fsp3) is 0.333. The van der Waals surface area contributed by atoms with Gasteiger partial charge in [-0.2, -0.15) is 0 Å². The molecule has 2 rings (SSSR count). The van der Waals surface area contributed by atoms with Crippen LogP contribution in [0.4, 0.5) is 0 Å². The van der Waals surface area contributed by atoms with Gasteiger partial charge >= 0.3 is 0 Å². The first kappa shape index (κ1) is 25.0. The van der Waals surface area contributed by atoms with E-state index < -0.39 is 0 Å². The van der Waals surface area contributed by atoms with Gasteiger partial charge in [0.05, 0.1) is 6.04 Å². The second-order valence-corrected chi connectivity index (χ2v) is 6.72. The van der Waals surface area contributed by atoms with Crippen molar-refractivity contribution in [2.24, 2.45) is 4.99 Å². The van der Waals surface area contributed by atoms with Gasteiger partial charge in [0, 0.05) is 30.2 Å². The fourth-order valence-corrected chi connectivity index (χ4v) is 2.95. The van der Waals surface area contributed by atoms with Crippen LogP contribution in [0.5, 0.6) is 5.75 Å². The highest BCUT2D eigenvalue weighted by atomic mass is 127. The summed E-state index contributed by atoms with van der Waals surface area (Å²) in [4.78, 5) is 16.6. The van der Waals surface area contributed by atoms with Crippen LogP contribution in [0.3, 0.4) is 0 Å². The number of hydrogen-bond donors (Lipinski definition) is 4. The van der Waals surface area contributed by atoms with E-state index in [0.29, 0.717) is 36.1 Å². The Kier molecular flexibility index (Phi) is 11.5. The number of rotatable bonds is 8. The van der Waals surface area contributed by atoms with Crippen molar-refractivity contribution >= 4 is 47.4 Å². The van der Waals surface area contributed by atoms with E-state index in [1.54, 1.807) is 12.1 Å². The van der Waals surface area contributed by atoms with Crippen molar-refractivity contribution in [2.75, 3.05) is 19.6 Å². The minimum absolute atomic E-state index is 0. The zero-order valence-electron chi connectivity index (χ0n) is 16.6. The second-order valence-electron chi connectivity index (χ2n) is 6.31. The van der Waals surface area contributed by atoms with E-state index in [1.807, 2.05) is 38.1 Å². The molecular formula is C21H28ClIN4O2. The molecule has 0 heterocycles. The molecule has 1 unspecified atom stereocenters. The van der Waals surface area contributed by atoms with Crippen molar-refractivity contribution in [1.82, 2.24) is 16.0 Å². The Balaban J connectivity index is 0.00000420. The number of halogens is 2. The van der Waals surface area contributed by atoms with Crippen LogP contribution < -0.4 is 16.0 Å². The molecule has 0 aliphatic carbocycles. The lowest BCUT2D eigenvalue weighted by Crippen LogP contribution is -2.39. The molecule has 2 aromatic rings. The molecule has 0 aliphatic rings. The van der Waals surface area contributed by atoms with Gasteiger partial charge in [-0.3, -0.25) is 9.79 Å². The predicted octanol–water partition coefficient (Wildman–Crippen LogP) is 4.10. The summed E-state index contributed by atoms with van der Waals surface area (Å²) in [6.07, 6.45) is 0.696. The molecule has 1 atom stereocenters. The number of carbonyl (C=O) groups excluding carboxylic acids is 1. The molecule has 6 nitrogen and oxygen atoms in total. The van der Waals surface area contributed by atoms with E-state index >= 15 is 0 Å². The van der Waals surface area contributed by atoms with Crippen LogP contribution >= 0.6 is 35.6 Å². The average molecular weight is 531 g/mol. The third kappa shape index (κ3) is 8.49. The normalized spacial score (nSPS) is 11.9. The van der Waals surface area contributed by atoms with Crippen LogP contribution in [0.1, 0.15) is 42.2 Å². The quantitative estimate of drug-likeness (QED) is 0.179. The van der Waals surface area contributed by atoms with E-state index in [0.717, 1.165) is 12.1 Å². The van der Waals surface area contributed by atoms with Crippen LogP contribution in [0.15, 0.2) is 53.5 Å². The van der Waals surface area contributed by atoms with Crippen LogP contribution in [0, 0.1) is 0 Å². The molecule has 0 bridgehead atoms. The van der Waals surface area contributed by atoms with Crippen LogP contribution in [0.2, 0.25) is 5.02 Å². The van der Waals surface area contributed by atoms with Gasteiger partial charge in [-0.1, -0.05) is 35.9 Å². The van der Waals surface area contributed by atoms with Crippen molar-refractivity contribution in [3.05, 3.63) is 64.7 Å². The summed E-state index contributed by atoms with van der Waals surface area (Å²) >= 11 is 6.26. The Morgan fingerprint density at radius 2 is 1.93 bits per heavy atom. The number of aromatic hydroxyl groups is 1. The maximum Gasteiger partial charge on any atom is 0.251 e. The number of nitrogens with one attached hydrogen (secondary N) is 3. The summed E-state index contributed by atoms with van der Waals surface area (Å²) < 4.78 is 0. The third-order valence-corrected chi connectivity index (χ3v) is 4.41. The highest BCUT2D eigenvalue weighted by molar-refractivity contribution is 14.0. The lowest BCUT2D eigenvalue weighted by atomic mass is 10.1. The standard InChI is InChI=1S/C21H27ClN4O2.HI/c1-3-23-21(26-15(2)18-10-4-5-11-19(18)22)25-13-7-12-24-20(28)16-8-6-9-17(27)14-16;/h4-6,8-11,14-15,27H,3,7,12-13H2,1-2H3,(H,24,28)(H2,23,25,26);1H. The lowest BCUT2D eigenvalue weighted by molar-refractivity contribution is 0.0953. The molecule has 0 radical (unpaired) electrons. The van der Waals surface area contributed by atoms with Gasteiger partial charge in [0.1, 0.15) is 5.75 Å². The highest BCUT2D eigenvalue weighted by Crippen LogP contribution is 2.21. The molecule has 158 valence electrons. The van der Waals surface area contributed by atoms with Crippen molar-refractivity contribution in [1.29, 1.82) is 0 Å². The van der Waals surface area contributed by atoms with Crippen molar-refractivity contribution < 1.29 is 9.90 Å². The first-order valence-electron chi connectivity index (χ1n) is 9.37. The number of hydrogen-bond acceptors (Lipinski definition) is 3. The largest absolute Gasteiger partial charge is 0.508 e. The summed E-state index contributed by atoms with van der Waals surface area (Å²) in [6, 6.07) is 14.0. The summed E-state index contributed by atoms with van der Waals surface area (Å²) in [6.45, 7) is 5.84. The van der Waals surface area contributed by atoms with Gasteiger partial charge in [-0.25, -0.2) is 0 Å². The highest BCUT2D eigenvalue weighted by Gasteiger charge is 2.10. The summed E-state index contributed by atoms with van der Waals surface area (Å²) in [5.74, 6) is 0.567. The molecule has 0 saturated carbocycles. The third-order valence-electron chi connectivity index (χ3n) is 4.07. The minimum Gasteiger partial charge on any atom is -0.508 e. The van der Waals surface area contributed by atoms with Crippen molar-refractivity contribution in [3.8, 4) is 5.75 Å². The molecule has 0 aliphatic heterocycles. The molecule has 0 saturated heterocycles. The average Bonchev–Trinajstić information content (AvgIpc) is 2.68. The van der Waals surface area contributed by atoms with E-state index in [-0.39, 0.29) is 41.7 Å². The van der Waals surface area contributed by atoms with E-state index in [9.17, 15) is 9.90 Å². The molecule has 0 fully saturated rings. The van der Waals surface area contributed by atoms with E-state index in [2.05, 4.69) is 20.9 Å². The first-order chi connectivity index (χ1) is 13.5. The number of aliphatic imine (C=N–C) groups is 1. The molecule has 1 amide bonds. The van der Waals surface area contributed by atoms with Crippen molar-refractivity contribution in [3.63, 3.8) is 0 Å². The Labute approximate surface area is 194 Å². The minimum atomic E-state index is -0.211. The van der Waals surface area contributed by atoms with Gasteiger partial charge in [-0.05, 0) is 50.1 Å². The summed E-state index contributed by atoms with van der Waals surface area (Å²) in [7, 11) is 0. The molecule has 0 spiro atoms. The van der Waals surface area contributed by atoms with Crippen LogP contribution in [0.25, 0.3) is 0 Å². The number of phenols is 1. The first-order valence-corrected chi connectivity index (χ1v) is 9.75. The maximum atomic E-state index is 12.0. The number of guanidine groups is 1. The molecule has 2 aromatic carbocycles. The van der Waals surface area contributed by atoms with Gasteiger partial charge in [0.2, 0.25) is 0 Å². The zero-order valence-corrected chi connectivity index (χ0v) is 19.7. The van der Waals surface area contributed by atoms with Gasteiger partial charge < -0.3 is 21.1 Å². The monoisotopic (exact) mass is 530 g/mol. The topological polar surface area (TPSA) is 85.8 Å². The predicted molar refractivity (Wildman–Crippen MR) is 129 cm³/mol. The smallest absolute Gasteiger partial charge is 0.251 e. The number of nitrogens with zero attached hydrogens (tertiary/aromatic N) is 1. The molecular weight excluding hydrogens is 503 g/mol. The lowest BCUT2D eigenvalue weighted by Gasteiger charge is -2.19. The molecule has 4 N–H and O–H groups in total. The van der Waals surface area contributed by atoms with Crippen molar-refractivity contribution in [2.45, 2.75) is 26.3 Å². The maximum absolute atomic E-state index is 12.0. The Morgan fingerprint density at radius 3 is 2.62 bits per heavy atom. The van der Waals surface area contributed by atoms with Gasteiger partial charge in [0.15, 0.2) is 5.96 Å². The zero-order chi connectivity index (χ0) is 20.4. The van der Waals surface area contributed by atoms with E-state index in [1.165, 1.54) is 12.1 Å². The number of benzene rings is 2.